The lowest BCUT2D eigenvalue weighted by atomic mass is 9.93. The molecule has 0 amide bonds. The SMILES string of the molecule is c1ccc(-c2ccc(-c3ccc(-c4ccccc4-c4ccccc4)cc3)cc2)cc1. The first-order chi connectivity index (χ1) is 14.9. The Morgan fingerprint density at radius 2 is 0.467 bits per heavy atom. The van der Waals surface area contributed by atoms with Crippen LogP contribution in [0.4, 0.5) is 0 Å². The van der Waals surface area contributed by atoms with Gasteiger partial charge in [-0.3, -0.25) is 0 Å². The smallest absolute Gasteiger partial charge is 0.0105 e. The van der Waals surface area contributed by atoms with E-state index in [2.05, 4.69) is 133 Å². The van der Waals surface area contributed by atoms with Crippen LogP contribution in [0.2, 0.25) is 0 Å². The summed E-state index contributed by atoms with van der Waals surface area (Å²) in [5, 5.41) is 0. The van der Waals surface area contributed by atoms with Gasteiger partial charge in [-0.2, -0.15) is 0 Å². The lowest BCUT2D eigenvalue weighted by Crippen LogP contribution is -1.85. The van der Waals surface area contributed by atoms with Gasteiger partial charge in [0.05, 0.1) is 0 Å². The van der Waals surface area contributed by atoms with Gasteiger partial charge in [0.2, 0.25) is 0 Å². The molecule has 142 valence electrons. The summed E-state index contributed by atoms with van der Waals surface area (Å²) in [6.45, 7) is 0. The van der Waals surface area contributed by atoms with E-state index in [1.165, 1.54) is 44.5 Å². The third kappa shape index (κ3) is 3.68. The van der Waals surface area contributed by atoms with E-state index in [9.17, 15) is 0 Å². The van der Waals surface area contributed by atoms with Crippen molar-refractivity contribution in [3.05, 3.63) is 133 Å². The molecule has 0 aliphatic carbocycles. The molecule has 5 rings (SSSR count). The van der Waals surface area contributed by atoms with Gasteiger partial charge >= 0.3 is 0 Å². The Kier molecular flexibility index (Phi) is 4.98. The van der Waals surface area contributed by atoms with Crippen molar-refractivity contribution in [3.8, 4) is 44.5 Å². The highest BCUT2D eigenvalue weighted by Crippen LogP contribution is 2.33. The summed E-state index contributed by atoms with van der Waals surface area (Å²) in [6.07, 6.45) is 0. The standard InChI is InChI=1S/C30H22/c1-3-9-23(10-4-1)24-15-17-25(18-16-24)26-19-21-28(22-20-26)30-14-8-7-13-29(30)27-11-5-2-6-12-27/h1-22H. The summed E-state index contributed by atoms with van der Waals surface area (Å²) in [5.74, 6) is 0. The maximum atomic E-state index is 2.22. The predicted octanol–water partition coefficient (Wildman–Crippen LogP) is 8.35. The van der Waals surface area contributed by atoms with Crippen molar-refractivity contribution in [3.63, 3.8) is 0 Å². The molecule has 0 unspecified atom stereocenters. The molecule has 0 heterocycles. The molecule has 0 saturated heterocycles. The maximum Gasteiger partial charge on any atom is -0.0105 e. The van der Waals surface area contributed by atoms with Crippen LogP contribution in [0.3, 0.4) is 0 Å². The minimum absolute atomic E-state index is 1.23. The molecule has 30 heavy (non-hydrogen) atoms. The minimum Gasteiger partial charge on any atom is -0.0622 e. The first kappa shape index (κ1) is 18.1. The van der Waals surface area contributed by atoms with Crippen LogP contribution in [-0.4, -0.2) is 0 Å². The van der Waals surface area contributed by atoms with Gasteiger partial charge in [0.15, 0.2) is 0 Å². The van der Waals surface area contributed by atoms with Crippen LogP contribution in [0.25, 0.3) is 44.5 Å². The van der Waals surface area contributed by atoms with Crippen molar-refractivity contribution in [2.75, 3.05) is 0 Å². The van der Waals surface area contributed by atoms with Gasteiger partial charge in [-0.25, -0.2) is 0 Å². The van der Waals surface area contributed by atoms with Gasteiger partial charge in [0.25, 0.3) is 0 Å². The number of benzene rings is 5. The van der Waals surface area contributed by atoms with Crippen LogP contribution in [0.1, 0.15) is 0 Å². The first-order valence-electron chi connectivity index (χ1n) is 10.3. The zero-order valence-corrected chi connectivity index (χ0v) is 16.7. The van der Waals surface area contributed by atoms with Gasteiger partial charge in [-0.05, 0) is 44.5 Å². The maximum absolute atomic E-state index is 2.22. The predicted molar refractivity (Wildman–Crippen MR) is 128 cm³/mol. The van der Waals surface area contributed by atoms with Gasteiger partial charge < -0.3 is 0 Å². The largest absolute Gasteiger partial charge is 0.0622 e. The fourth-order valence-electron chi connectivity index (χ4n) is 3.93. The van der Waals surface area contributed by atoms with Crippen LogP contribution in [0, 0.1) is 0 Å². The van der Waals surface area contributed by atoms with Crippen molar-refractivity contribution in [1.29, 1.82) is 0 Å². The zero-order valence-electron chi connectivity index (χ0n) is 16.7. The van der Waals surface area contributed by atoms with E-state index >= 15 is 0 Å². The van der Waals surface area contributed by atoms with E-state index in [1.54, 1.807) is 0 Å². The summed E-state index contributed by atoms with van der Waals surface area (Å²) >= 11 is 0. The normalized spacial score (nSPS) is 10.7. The molecule has 0 aliphatic heterocycles. The van der Waals surface area contributed by atoms with E-state index in [0.29, 0.717) is 0 Å². The Morgan fingerprint density at radius 1 is 0.200 bits per heavy atom. The van der Waals surface area contributed by atoms with Gasteiger partial charge in [0.1, 0.15) is 0 Å². The monoisotopic (exact) mass is 382 g/mol. The van der Waals surface area contributed by atoms with Crippen molar-refractivity contribution in [1.82, 2.24) is 0 Å². The fourth-order valence-corrected chi connectivity index (χ4v) is 3.93. The summed E-state index contributed by atoms with van der Waals surface area (Å²) < 4.78 is 0. The number of rotatable bonds is 4. The van der Waals surface area contributed by atoms with E-state index in [0.717, 1.165) is 0 Å². The highest BCUT2D eigenvalue weighted by Gasteiger charge is 2.07. The summed E-state index contributed by atoms with van der Waals surface area (Å²) in [6, 6.07) is 47.4. The van der Waals surface area contributed by atoms with Crippen LogP contribution in [-0.2, 0) is 0 Å². The fraction of sp³-hybridized carbons (Fsp3) is 0. The molecular formula is C30H22. The molecule has 0 saturated carbocycles. The third-order valence-electron chi connectivity index (χ3n) is 5.53. The van der Waals surface area contributed by atoms with Crippen molar-refractivity contribution >= 4 is 0 Å². The quantitative estimate of drug-likeness (QED) is 0.293. The van der Waals surface area contributed by atoms with E-state index < -0.39 is 0 Å². The van der Waals surface area contributed by atoms with Gasteiger partial charge in [-0.1, -0.05) is 133 Å². The Balaban J connectivity index is 1.45. The third-order valence-corrected chi connectivity index (χ3v) is 5.53. The second-order valence-electron chi connectivity index (χ2n) is 7.43. The lowest BCUT2D eigenvalue weighted by Gasteiger charge is -2.11. The van der Waals surface area contributed by atoms with Gasteiger partial charge in [0, 0.05) is 0 Å². The van der Waals surface area contributed by atoms with E-state index in [1.807, 2.05) is 0 Å². The molecule has 0 spiro atoms. The second-order valence-corrected chi connectivity index (χ2v) is 7.43. The average molecular weight is 383 g/mol. The van der Waals surface area contributed by atoms with Crippen molar-refractivity contribution in [2.24, 2.45) is 0 Å². The molecule has 0 nitrogen and oxygen atoms in total. The molecule has 0 N–H and O–H groups in total. The molecule has 0 atom stereocenters. The Hall–Kier alpha value is -3.90. The van der Waals surface area contributed by atoms with Crippen LogP contribution >= 0.6 is 0 Å². The number of hydrogen-bond donors (Lipinski definition) is 0. The topological polar surface area (TPSA) is 0 Å². The molecule has 0 heteroatoms. The Bertz CT molecular complexity index is 1230. The highest BCUT2D eigenvalue weighted by molar-refractivity contribution is 5.84. The molecule has 0 aromatic heterocycles. The zero-order chi connectivity index (χ0) is 20.2. The van der Waals surface area contributed by atoms with Crippen molar-refractivity contribution < 1.29 is 0 Å². The molecule has 0 aliphatic rings. The van der Waals surface area contributed by atoms with Crippen molar-refractivity contribution in [2.45, 2.75) is 0 Å². The average Bonchev–Trinajstić information content (AvgIpc) is 2.85. The molecule has 0 fully saturated rings. The summed E-state index contributed by atoms with van der Waals surface area (Å²) in [7, 11) is 0. The second kappa shape index (κ2) is 8.23. The molecular weight excluding hydrogens is 360 g/mol. The van der Waals surface area contributed by atoms with Crippen LogP contribution < -0.4 is 0 Å². The molecule has 0 bridgehead atoms. The number of hydrogen-bond acceptors (Lipinski definition) is 0. The van der Waals surface area contributed by atoms with Crippen LogP contribution in [0.15, 0.2) is 133 Å². The Morgan fingerprint density at radius 3 is 0.900 bits per heavy atom. The summed E-state index contributed by atoms with van der Waals surface area (Å²) in [4.78, 5) is 0. The summed E-state index contributed by atoms with van der Waals surface area (Å²) in [5.41, 5.74) is 9.96. The minimum atomic E-state index is 1.23. The van der Waals surface area contributed by atoms with Crippen LogP contribution in [0.5, 0.6) is 0 Å². The highest BCUT2D eigenvalue weighted by atomic mass is 14.1. The van der Waals surface area contributed by atoms with E-state index in [-0.39, 0.29) is 0 Å². The molecule has 5 aromatic rings. The lowest BCUT2D eigenvalue weighted by molar-refractivity contribution is 1.56. The Labute approximate surface area is 178 Å². The first-order valence-corrected chi connectivity index (χ1v) is 10.3. The molecule has 5 aromatic carbocycles. The van der Waals surface area contributed by atoms with Gasteiger partial charge in [-0.15, -0.1) is 0 Å². The molecule has 0 radical (unpaired) electrons. The van der Waals surface area contributed by atoms with E-state index in [4.69, 9.17) is 0 Å².